The summed E-state index contributed by atoms with van der Waals surface area (Å²) in [6.45, 7) is 2.38. The van der Waals surface area contributed by atoms with Crippen molar-refractivity contribution in [3.8, 4) is 11.1 Å². The third-order valence-corrected chi connectivity index (χ3v) is 6.40. The van der Waals surface area contributed by atoms with Gasteiger partial charge < -0.3 is 24.6 Å². The molecule has 0 spiro atoms. The number of amides is 2. The Morgan fingerprint density at radius 3 is 2.25 bits per heavy atom. The van der Waals surface area contributed by atoms with Crippen molar-refractivity contribution < 1.29 is 19.8 Å². The standard InChI is InChI=1S/C24H26N4O4/c29-14-13-28-16-25-20-6-5-19(15-21(20)28)17-1-3-18(4-2-17)22(30)26-9-11-27(12-10-26)23(31)24(32)7-8-24/h1-6,15-16,29,32H,7-14H2. The highest BCUT2D eigenvalue weighted by molar-refractivity contribution is 5.95. The summed E-state index contributed by atoms with van der Waals surface area (Å²) in [4.78, 5) is 33.0. The van der Waals surface area contributed by atoms with Gasteiger partial charge in [-0.25, -0.2) is 4.98 Å². The number of piperazine rings is 1. The lowest BCUT2D eigenvalue weighted by molar-refractivity contribution is -0.143. The summed E-state index contributed by atoms with van der Waals surface area (Å²) in [7, 11) is 0. The number of hydrogen-bond donors (Lipinski definition) is 2. The van der Waals surface area contributed by atoms with E-state index in [-0.39, 0.29) is 18.4 Å². The Kier molecular flexibility index (Phi) is 5.19. The lowest BCUT2D eigenvalue weighted by atomic mass is 10.0. The van der Waals surface area contributed by atoms with Crippen molar-refractivity contribution in [2.24, 2.45) is 0 Å². The van der Waals surface area contributed by atoms with Crippen LogP contribution in [0.15, 0.2) is 48.8 Å². The first kappa shape index (κ1) is 20.7. The average Bonchev–Trinajstić information content (AvgIpc) is 3.47. The van der Waals surface area contributed by atoms with Crippen LogP contribution in [-0.4, -0.2) is 79.8 Å². The molecule has 166 valence electrons. The summed E-state index contributed by atoms with van der Waals surface area (Å²) in [5.41, 5.74) is 3.30. The number of hydrogen-bond acceptors (Lipinski definition) is 5. The molecular weight excluding hydrogens is 408 g/mol. The van der Waals surface area contributed by atoms with Gasteiger partial charge in [-0.1, -0.05) is 18.2 Å². The monoisotopic (exact) mass is 434 g/mol. The van der Waals surface area contributed by atoms with E-state index in [0.29, 0.717) is 51.1 Å². The molecule has 1 aliphatic heterocycles. The van der Waals surface area contributed by atoms with E-state index in [0.717, 1.165) is 22.2 Å². The van der Waals surface area contributed by atoms with Crippen molar-refractivity contribution >= 4 is 22.8 Å². The minimum absolute atomic E-state index is 0.0507. The van der Waals surface area contributed by atoms with E-state index in [9.17, 15) is 19.8 Å². The average molecular weight is 434 g/mol. The van der Waals surface area contributed by atoms with Gasteiger partial charge in [0.05, 0.1) is 24.0 Å². The molecule has 2 aliphatic rings. The summed E-state index contributed by atoms with van der Waals surface area (Å²) in [6.07, 6.45) is 2.80. The number of aliphatic hydroxyl groups excluding tert-OH is 1. The Bertz CT molecular complexity index is 1160. The first-order valence-electron chi connectivity index (χ1n) is 11.0. The van der Waals surface area contributed by atoms with Gasteiger partial charge in [0.25, 0.3) is 11.8 Å². The molecule has 2 amide bonds. The zero-order chi connectivity index (χ0) is 22.3. The van der Waals surface area contributed by atoms with Crippen molar-refractivity contribution in [1.29, 1.82) is 0 Å². The maximum Gasteiger partial charge on any atom is 0.254 e. The van der Waals surface area contributed by atoms with Gasteiger partial charge in [-0.3, -0.25) is 9.59 Å². The minimum Gasteiger partial charge on any atom is -0.395 e. The Morgan fingerprint density at radius 2 is 1.59 bits per heavy atom. The van der Waals surface area contributed by atoms with Crippen molar-refractivity contribution in [2.45, 2.75) is 25.0 Å². The maximum atomic E-state index is 12.9. The van der Waals surface area contributed by atoms with Crippen LogP contribution in [0.1, 0.15) is 23.2 Å². The topological polar surface area (TPSA) is 98.9 Å². The number of carbonyl (C=O) groups excluding carboxylic acids is 2. The molecule has 0 atom stereocenters. The summed E-state index contributed by atoms with van der Waals surface area (Å²) >= 11 is 0. The highest BCUT2D eigenvalue weighted by Crippen LogP contribution is 2.37. The van der Waals surface area contributed by atoms with Crippen LogP contribution in [0.2, 0.25) is 0 Å². The summed E-state index contributed by atoms with van der Waals surface area (Å²) in [5.74, 6) is -0.253. The van der Waals surface area contributed by atoms with Crippen molar-refractivity contribution in [1.82, 2.24) is 19.4 Å². The van der Waals surface area contributed by atoms with E-state index in [2.05, 4.69) is 4.98 Å². The fourth-order valence-electron chi connectivity index (χ4n) is 4.25. The van der Waals surface area contributed by atoms with Crippen LogP contribution in [0.3, 0.4) is 0 Å². The maximum absolute atomic E-state index is 12.9. The molecule has 5 rings (SSSR count). The van der Waals surface area contributed by atoms with Gasteiger partial charge in [-0.15, -0.1) is 0 Å². The first-order valence-corrected chi connectivity index (χ1v) is 11.0. The molecule has 1 saturated carbocycles. The van der Waals surface area contributed by atoms with Crippen LogP contribution in [0.25, 0.3) is 22.2 Å². The molecule has 0 radical (unpaired) electrons. The van der Waals surface area contributed by atoms with Gasteiger partial charge in [-0.2, -0.15) is 0 Å². The Labute approximate surface area is 185 Å². The highest BCUT2D eigenvalue weighted by atomic mass is 16.3. The quantitative estimate of drug-likeness (QED) is 0.634. The second-order valence-electron chi connectivity index (χ2n) is 8.56. The predicted molar refractivity (Wildman–Crippen MR) is 119 cm³/mol. The van der Waals surface area contributed by atoms with E-state index in [1.54, 1.807) is 16.1 Å². The smallest absolute Gasteiger partial charge is 0.254 e. The molecule has 2 N–H and O–H groups in total. The number of imidazole rings is 1. The fraction of sp³-hybridized carbons (Fsp3) is 0.375. The molecule has 3 aromatic rings. The van der Waals surface area contributed by atoms with Gasteiger partial charge in [-0.05, 0) is 48.2 Å². The number of rotatable bonds is 5. The lowest BCUT2D eigenvalue weighted by Gasteiger charge is -2.35. The van der Waals surface area contributed by atoms with Gasteiger partial charge in [0.15, 0.2) is 0 Å². The van der Waals surface area contributed by atoms with Gasteiger partial charge in [0.1, 0.15) is 5.60 Å². The molecule has 8 nitrogen and oxygen atoms in total. The number of benzene rings is 2. The normalized spacial score (nSPS) is 17.6. The lowest BCUT2D eigenvalue weighted by Crippen LogP contribution is -2.53. The van der Waals surface area contributed by atoms with Crippen LogP contribution < -0.4 is 0 Å². The number of nitrogens with zero attached hydrogens (tertiary/aromatic N) is 4. The van der Waals surface area contributed by atoms with Gasteiger partial charge >= 0.3 is 0 Å². The Morgan fingerprint density at radius 1 is 0.938 bits per heavy atom. The molecule has 1 aliphatic carbocycles. The van der Waals surface area contributed by atoms with E-state index >= 15 is 0 Å². The molecular formula is C24H26N4O4. The summed E-state index contributed by atoms with van der Waals surface area (Å²) < 4.78 is 1.92. The second-order valence-corrected chi connectivity index (χ2v) is 8.56. The molecule has 2 heterocycles. The predicted octanol–water partition coefficient (Wildman–Crippen LogP) is 1.50. The van der Waals surface area contributed by atoms with E-state index < -0.39 is 5.60 Å². The molecule has 0 unspecified atom stereocenters. The number of aliphatic hydroxyl groups is 2. The van der Waals surface area contributed by atoms with Crippen LogP contribution in [0.5, 0.6) is 0 Å². The second kappa shape index (κ2) is 8.03. The summed E-state index contributed by atoms with van der Waals surface area (Å²) in [5, 5.41) is 19.3. The number of aromatic nitrogens is 2. The number of fused-ring (bicyclic) bond motifs is 1. The third-order valence-electron chi connectivity index (χ3n) is 6.40. The SMILES string of the molecule is O=C(c1ccc(-c2ccc3ncn(CCO)c3c2)cc1)N1CCN(C(=O)C2(O)CC2)CC1. The van der Waals surface area contributed by atoms with Crippen molar-refractivity contribution in [2.75, 3.05) is 32.8 Å². The molecule has 8 heteroatoms. The minimum atomic E-state index is -1.15. The Hall–Kier alpha value is -3.23. The fourth-order valence-corrected chi connectivity index (χ4v) is 4.25. The van der Waals surface area contributed by atoms with Crippen molar-refractivity contribution in [3.63, 3.8) is 0 Å². The van der Waals surface area contributed by atoms with Gasteiger partial charge in [0, 0.05) is 38.3 Å². The Balaban J connectivity index is 1.27. The van der Waals surface area contributed by atoms with Crippen LogP contribution in [-0.2, 0) is 11.3 Å². The van der Waals surface area contributed by atoms with E-state index in [4.69, 9.17) is 0 Å². The zero-order valence-electron chi connectivity index (χ0n) is 17.8. The number of carbonyl (C=O) groups is 2. The molecule has 2 fully saturated rings. The summed E-state index contributed by atoms with van der Waals surface area (Å²) in [6, 6.07) is 13.5. The molecule has 32 heavy (non-hydrogen) atoms. The van der Waals surface area contributed by atoms with Crippen LogP contribution in [0, 0.1) is 0 Å². The van der Waals surface area contributed by atoms with E-state index in [1.807, 2.05) is 47.0 Å². The molecule has 2 aromatic carbocycles. The molecule has 1 aromatic heterocycles. The van der Waals surface area contributed by atoms with E-state index in [1.165, 1.54) is 0 Å². The van der Waals surface area contributed by atoms with Crippen LogP contribution in [0.4, 0.5) is 0 Å². The molecule has 1 saturated heterocycles. The van der Waals surface area contributed by atoms with Gasteiger partial charge in [0.2, 0.25) is 0 Å². The third kappa shape index (κ3) is 3.76. The van der Waals surface area contributed by atoms with Crippen molar-refractivity contribution in [3.05, 3.63) is 54.4 Å². The zero-order valence-corrected chi connectivity index (χ0v) is 17.8. The highest BCUT2D eigenvalue weighted by Gasteiger charge is 2.50. The van der Waals surface area contributed by atoms with Crippen LogP contribution >= 0.6 is 0 Å². The largest absolute Gasteiger partial charge is 0.395 e. The first-order chi connectivity index (χ1) is 15.5. The molecule has 0 bridgehead atoms.